The molecule has 0 fully saturated rings. The van der Waals surface area contributed by atoms with Gasteiger partial charge in [-0.3, -0.25) is 0 Å². The van der Waals surface area contributed by atoms with Crippen LogP contribution in [0.4, 0.5) is 0 Å². The molecule has 74 valence electrons. The number of amidine groups is 1. The van der Waals surface area contributed by atoms with Gasteiger partial charge in [-0.05, 0) is 25.5 Å². The van der Waals surface area contributed by atoms with Gasteiger partial charge < -0.3 is 5.73 Å². The zero-order chi connectivity index (χ0) is 10.4. The first-order valence-corrected chi connectivity index (χ1v) is 4.77. The number of rotatable bonds is 2. The van der Waals surface area contributed by atoms with Crippen LogP contribution in [0.3, 0.4) is 0 Å². The summed E-state index contributed by atoms with van der Waals surface area (Å²) < 4.78 is 0. The molecule has 1 aliphatic heterocycles. The Balaban J connectivity index is 3.16. The first-order chi connectivity index (χ1) is 6.77. The maximum Gasteiger partial charge on any atom is 0.103 e. The molecule has 0 saturated heterocycles. The highest BCUT2D eigenvalue weighted by molar-refractivity contribution is 5.84. The molecule has 0 unspecified atom stereocenters. The van der Waals surface area contributed by atoms with Crippen LogP contribution >= 0.6 is 0 Å². The Morgan fingerprint density at radius 1 is 1.29 bits per heavy atom. The van der Waals surface area contributed by atoms with Crippen LogP contribution in [0, 0.1) is 0 Å². The third-order valence-electron chi connectivity index (χ3n) is 1.85. The fraction of sp³-hybridized carbons (Fsp3) is 0.250. The van der Waals surface area contributed by atoms with Crippen LogP contribution in [-0.2, 0) is 0 Å². The predicted octanol–water partition coefficient (Wildman–Crippen LogP) is 2.71. The van der Waals surface area contributed by atoms with E-state index in [0.29, 0.717) is 5.84 Å². The van der Waals surface area contributed by atoms with Crippen LogP contribution in [0.1, 0.15) is 20.3 Å². The highest BCUT2D eigenvalue weighted by Gasteiger charge is 2.01. The second-order valence-electron chi connectivity index (χ2n) is 3.05. The topological polar surface area (TPSA) is 38.4 Å². The van der Waals surface area contributed by atoms with Gasteiger partial charge in [0.25, 0.3) is 0 Å². The maximum atomic E-state index is 5.72. The van der Waals surface area contributed by atoms with E-state index in [4.69, 9.17) is 5.73 Å². The molecular formula is C12H16N2. The molecule has 1 rings (SSSR count). The molecule has 2 N–H and O–H groups in total. The van der Waals surface area contributed by atoms with Crippen molar-refractivity contribution in [2.24, 2.45) is 10.7 Å². The van der Waals surface area contributed by atoms with Crippen molar-refractivity contribution in [3.63, 3.8) is 0 Å². The molecule has 2 heteroatoms. The minimum Gasteiger partial charge on any atom is -0.387 e. The Morgan fingerprint density at radius 3 is 2.64 bits per heavy atom. The van der Waals surface area contributed by atoms with E-state index >= 15 is 0 Å². The summed E-state index contributed by atoms with van der Waals surface area (Å²) in [5.74, 6) is 0.661. The fourth-order valence-corrected chi connectivity index (χ4v) is 1.27. The molecule has 0 saturated carbocycles. The first-order valence-electron chi connectivity index (χ1n) is 4.77. The van der Waals surface area contributed by atoms with E-state index in [1.54, 1.807) is 0 Å². The Morgan fingerprint density at radius 2 is 2.00 bits per heavy atom. The van der Waals surface area contributed by atoms with E-state index in [-0.39, 0.29) is 0 Å². The van der Waals surface area contributed by atoms with Crippen molar-refractivity contribution in [3.8, 4) is 0 Å². The Labute approximate surface area is 85.2 Å². The van der Waals surface area contributed by atoms with E-state index in [0.717, 1.165) is 17.7 Å². The smallest absolute Gasteiger partial charge is 0.103 e. The standard InChI is InChI=1S/C12H16N2/c1-3-6-10-8-5-9-12(13)14-11(10)7-4-2/h3-8H,9H2,1-2H3,(H2,13,14)/b6-3-,7-4-. The summed E-state index contributed by atoms with van der Waals surface area (Å²) in [4.78, 5) is 4.34. The van der Waals surface area contributed by atoms with Crippen LogP contribution in [-0.4, -0.2) is 5.84 Å². The molecule has 0 aliphatic carbocycles. The fourth-order valence-electron chi connectivity index (χ4n) is 1.27. The van der Waals surface area contributed by atoms with Gasteiger partial charge in [0.2, 0.25) is 0 Å². The number of hydrogen-bond donors (Lipinski definition) is 1. The van der Waals surface area contributed by atoms with Crippen molar-refractivity contribution in [1.82, 2.24) is 0 Å². The molecular weight excluding hydrogens is 172 g/mol. The normalized spacial score (nSPS) is 18.0. The van der Waals surface area contributed by atoms with Crippen LogP contribution in [0.5, 0.6) is 0 Å². The van der Waals surface area contributed by atoms with Crippen molar-refractivity contribution < 1.29 is 0 Å². The van der Waals surface area contributed by atoms with Gasteiger partial charge in [0.05, 0.1) is 5.70 Å². The molecule has 14 heavy (non-hydrogen) atoms. The monoisotopic (exact) mass is 188 g/mol. The number of nitrogens with zero attached hydrogens (tertiary/aromatic N) is 1. The first kappa shape index (κ1) is 10.5. The van der Waals surface area contributed by atoms with Gasteiger partial charge in [-0.1, -0.05) is 30.4 Å². The Bertz CT molecular complexity index is 341. The Kier molecular flexibility index (Phi) is 3.92. The highest BCUT2D eigenvalue weighted by atomic mass is 14.9. The third kappa shape index (κ3) is 2.73. The maximum absolute atomic E-state index is 5.72. The van der Waals surface area contributed by atoms with E-state index in [2.05, 4.69) is 11.1 Å². The molecule has 0 spiro atoms. The van der Waals surface area contributed by atoms with Crippen molar-refractivity contribution >= 4 is 5.84 Å². The van der Waals surface area contributed by atoms with Crippen LogP contribution in [0.2, 0.25) is 0 Å². The quantitative estimate of drug-likeness (QED) is 0.711. The second kappa shape index (κ2) is 5.22. The molecule has 0 aromatic rings. The number of aliphatic imine (C=N–C) groups is 1. The van der Waals surface area contributed by atoms with E-state index in [1.807, 2.05) is 44.2 Å². The lowest BCUT2D eigenvalue weighted by atomic mass is 10.1. The van der Waals surface area contributed by atoms with Gasteiger partial charge in [0.1, 0.15) is 5.84 Å². The summed E-state index contributed by atoms with van der Waals surface area (Å²) in [6.07, 6.45) is 12.8. The molecule has 1 aliphatic rings. The lowest BCUT2D eigenvalue weighted by molar-refractivity contribution is 1.31. The summed E-state index contributed by atoms with van der Waals surface area (Å²) in [6.45, 7) is 3.96. The van der Waals surface area contributed by atoms with Crippen LogP contribution < -0.4 is 5.73 Å². The molecule has 0 aromatic heterocycles. The lowest BCUT2D eigenvalue weighted by Gasteiger charge is -1.98. The molecule has 0 amide bonds. The van der Waals surface area contributed by atoms with Crippen molar-refractivity contribution in [1.29, 1.82) is 0 Å². The molecule has 0 atom stereocenters. The summed E-state index contributed by atoms with van der Waals surface area (Å²) >= 11 is 0. The lowest BCUT2D eigenvalue weighted by Crippen LogP contribution is -2.09. The molecule has 0 bridgehead atoms. The van der Waals surface area contributed by atoms with E-state index in [1.165, 1.54) is 0 Å². The van der Waals surface area contributed by atoms with Gasteiger partial charge >= 0.3 is 0 Å². The number of allylic oxidation sites excluding steroid dienone is 6. The minimum atomic E-state index is 0.661. The summed E-state index contributed by atoms with van der Waals surface area (Å²) in [5, 5.41) is 0. The molecule has 1 heterocycles. The highest BCUT2D eigenvalue weighted by Crippen LogP contribution is 2.15. The van der Waals surface area contributed by atoms with Crippen LogP contribution in [0.25, 0.3) is 0 Å². The van der Waals surface area contributed by atoms with Gasteiger partial charge in [-0.2, -0.15) is 0 Å². The van der Waals surface area contributed by atoms with E-state index < -0.39 is 0 Å². The summed E-state index contributed by atoms with van der Waals surface area (Å²) in [5.41, 5.74) is 7.75. The molecule has 2 nitrogen and oxygen atoms in total. The second-order valence-corrected chi connectivity index (χ2v) is 3.05. The average molecular weight is 188 g/mol. The number of nitrogens with two attached hydrogens (primary N) is 1. The summed E-state index contributed by atoms with van der Waals surface area (Å²) in [7, 11) is 0. The van der Waals surface area contributed by atoms with Crippen LogP contribution in [0.15, 0.2) is 52.7 Å². The average Bonchev–Trinajstić information content (AvgIpc) is 2.31. The predicted molar refractivity (Wildman–Crippen MR) is 62.0 cm³/mol. The van der Waals surface area contributed by atoms with Gasteiger partial charge in [-0.25, -0.2) is 4.99 Å². The molecule has 0 aromatic carbocycles. The molecule has 0 radical (unpaired) electrons. The van der Waals surface area contributed by atoms with E-state index in [9.17, 15) is 0 Å². The van der Waals surface area contributed by atoms with Crippen molar-refractivity contribution in [2.45, 2.75) is 20.3 Å². The van der Waals surface area contributed by atoms with Gasteiger partial charge in [-0.15, -0.1) is 0 Å². The van der Waals surface area contributed by atoms with Crippen molar-refractivity contribution in [2.75, 3.05) is 0 Å². The third-order valence-corrected chi connectivity index (χ3v) is 1.85. The number of hydrogen-bond acceptors (Lipinski definition) is 2. The van der Waals surface area contributed by atoms with Crippen molar-refractivity contribution in [3.05, 3.63) is 47.7 Å². The summed E-state index contributed by atoms with van der Waals surface area (Å²) in [6, 6.07) is 0. The SMILES string of the molecule is C/C=C\C1=C(/C=C\C)N=C(N)CC=C1. The largest absolute Gasteiger partial charge is 0.387 e. The zero-order valence-electron chi connectivity index (χ0n) is 8.70. The van der Waals surface area contributed by atoms with Gasteiger partial charge in [0.15, 0.2) is 0 Å². The zero-order valence-corrected chi connectivity index (χ0v) is 8.70. The minimum absolute atomic E-state index is 0.661. The Hall–Kier alpha value is -1.57. The van der Waals surface area contributed by atoms with Gasteiger partial charge in [0, 0.05) is 6.42 Å².